The molecule has 0 unspecified atom stereocenters. The van der Waals surface area contributed by atoms with Crippen molar-refractivity contribution in [2.24, 2.45) is 0 Å². The zero-order valence-corrected chi connectivity index (χ0v) is 13.6. The van der Waals surface area contributed by atoms with Crippen molar-refractivity contribution in [1.29, 1.82) is 0 Å². The van der Waals surface area contributed by atoms with E-state index in [1.807, 2.05) is 35.9 Å². The van der Waals surface area contributed by atoms with Gasteiger partial charge < -0.3 is 19.4 Å². The molecule has 0 amide bonds. The van der Waals surface area contributed by atoms with Gasteiger partial charge in [-0.3, -0.25) is 0 Å². The SMILES string of the molecule is Cc1cc(-n2ccnc2)ccc1NC=C1C(=O)OC(C)(C)OC1=O. The maximum absolute atomic E-state index is 11.9. The molecular weight excluding hydrogens is 310 g/mol. The van der Waals surface area contributed by atoms with Gasteiger partial charge in [-0.15, -0.1) is 0 Å². The Morgan fingerprint density at radius 2 is 1.92 bits per heavy atom. The van der Waals surface area contributed by atoms with Crippen LogP contribution in [0.25, 0.3) is 5.69 Å². The highest BCUT2D eigenvalue weighted by Gasteiger charge is 2.38. The van der Waals surface area contributed by atoms with Crippen molar-refractivity contribution < 1.29 is 19.1 Å². The van der Waals surface area contributed by atoms with Crippen molar-refractivity contribution in [1.82, 2.24) is 9.55 Å². The fraction of sp³-hybridized carbons (Fsp3) is 0.235. The van der Waals surface area contributed by atoms with Gasteiger partial charge in [0.2, 0.25) is 0 Å². The van der Waals surface area contributed by atoms with Crippen molar-refractivity contribution in [2.75, 3.05) is 5.32 Å². The molecule has 1 aromatic carbocycles. The van der Waals surface area contributed by atoms with Gasteiger partial charge in [0.15, 0.2) is 5.57 Å². The molecule has 1 aliphatic rings. The number of anilines is 1. The van der Waals surface area contributed by atoms with Crippen LogP contribution in [0.1, 0.15) is 19.4 Å². The first-order valence-corrected chi connectivity index (χ1v) is 7.38. The number of esters is 2. The van der Waals surface area contributed by atoms with Crippen LogP contribution < -0.4 is 5.32 Å². The maximum Gasteiger partial charge on any atom is 0.350 e. The van der Waals surface area contributed by atoms with Gasteiger partial charge in [0.05, 0.1) is 6.33 Å². The molecule has 1 fully saturated rings. The van der Waals surface area contributed by atoms with Crippen LogP contribution in [0.5, 0.6) is 0 Å². The lowest BCUT2D eigenvalue weighted by molar-refractivity contribution is -0.222. The molecule has 24 heavy (non-hydrogen) atoms. The number of nitrogens with zero attached hydrogens (tertiary/aromatic N) is 2. The Balaban J connectivity index is 1.79. The topological polar surface area (TPSA) is 82.5 Å². The predicted octanol–water partition coefficient (Wildman–Crippen LogP) is 2.31. The number of rotatable bonds is 3. The number of benzene rings is 1. The smallest absolute Gasteiger partial charge is 0.350 e. The molecule has 1 N–H and O–H groups in total. The fourth-order valence-electron chi connectivity index (χ4n) is 2.31. The van der Waals surface area contributed by atoms with E-state index < -0.39 is 17.7 Å². The standard InChI is InChI=1S/C17H17N3O4/c1-11-8-12(20-7-6-18-10-20)4-5-14(11)19-9-13-15(21)23-17(2,3)24-16(13)22/h4-10,19H,1-3H3. The minimum Gasteiger partial charge on any atom is -0.419 e. The second-order valence-electron chi connectivity index (χ2n) is 5.85. The average Bonchev–Trinajstić information content (AvgIpc) is 3.00. The quantitative estimate of drug-likeness (QED) is 0.529. The summed E-state index contributed by atoms with van der Waals surface area (Å²) in [5.41, 5.74) is 2.49. The van der Waals surface area contributed by atoms with Crippen molar-refractivity contribution >= 4 is 17.6 Å². The fourth-order valence-corrected chi connectivity index (χ4v) is 2.31. The number of hydrogen-bond donors (Lipinski definition) is 1. The molecule has 0 aliphatic carbocycles. The van der Waals surface area contributed by atoms with Crippen LogP contribution in [0, 0.1) is 6.92 Å². The molecule has 7 heteroatoms. The van der Waals surface area contributed by atoms with Crippen LogP contribution in [0.15, 0.2) is 48.7 Å². The lowest BCUT2D eigenvalue weighted by atomic mass is 10.1. The summed E-state index contributed by atoms with van der Waals surface area (Å²) in [5.74, 6) is -2.67. The number of hydrogen-bond acceptors (Lipinski definition) is 6. The minimum atomic E-state index is -1.24. The van der Waals surface area contributed by atoms with Gasteiger partial charge in [-0.05, 0) is 30.7 Å². The number of aryl methyl sites for hydroxylation is 1. The van der Waals surface area contributed by atoms with E-state index in [0.717, 1.165) is 16.9 Å². The number of cyclic esters (lactones) is 2. The molecule has 0 spiro atoms. The third-order valence-corrected chi connectivity index (χ3v) is 3.50. The predicted molar refractivity (Wildman–Crippen MR) is 86.3 cm³/mol. The van der Waals surface area contributed by atoms with E-state index in [1.54, 1.807) is 12.5 Å². The van der Waals surface area contributed by atoms with Crippen molar-refractivity contribution in [2.45, 2.75) is 26.6 Å². The largest absolute Gasteiger partial charge is 0.419 e. The second-order valence-corrected chi connectivity index (χ2v) is 5.85. The normalized spacial score (nSPS) is 16.4. The van der Waals surface area contributed by atoms with E-state index in [-0.39, 0.29) is 5.57 Å². The average molecular weight is 327 g/mol. The number of carbonyl (C=O) groups is 2. The first-order chi connectivity index (χ1) is 11.4. The van der Waals surface area contributed by atoms with Gasteiger partial charge in [0.25, 0.3) is 5.79 Å². The van der Waals surface area contributed by atoms with Gasteiger partial charge in [-0.2, -0.15) is 0 Å². The summed E-state index contributed by atoms with van der Waals surface area (Å²) < 4.78 is 12.0. The van der Waals surface area contributed by atoms with Crippen molar-refractivity contribution in [3.05, 3.63) is 54.3 Å². The summed E-state index contributed by atoms with van der Waals surface area (Å²) in [6.07, 6.45) is 6.56. The molecule has 7 nitrogen and oxygen atoms in total. The number of aromatic nitrogens is 2. The molecule has 0 radical (unpaired) electrons. The third-order valence-electron chi connectivity index (χ3n) is 3.50. The van der Waals surface area contributed by atoms with Crippen LogP contribution in [0.2, 0.25) is 0 Å². The molecule has 2 aromatic rings. The zero-order chi connectivity index (χ0) is 17.3. The lowest BCUT2D eigenvalue weighted by Crippen LogP contribution is -2.42. The van der Waals surface area contributed by atoms with E-state index in [0.29, 0.717) is 0 Å². The maximum atomic E-state index is 11.9. The monoisotopic (exact) mass is 327 g/mol. The van der Waals surface area contributed by atoms with Crippen LogP contribution >= 0.6 is 0 Å². The molecule has 1 aliphatic heterocycles. The summed E-state index contributed by atoms with van der Waals surface area (Å²) in [7, 11) is 0. The number of ether oxygens (including phenoxy) is 2. The Bertz CT molecular complexity index is 800. The summed E-state index contributed by atoms with van der Waals surface area (Å²) >= 11 is 0. The number of imidazole rings is 1. The van der Waals surface area contributed by atoms with Gasteiger partial charge in [-0.25, -0.2) is 14.6 Å². The molecule has 1 aromatic heterocycles. The Kier molecular flexibility index (Phi) is 3.84. The molecular formula is C17H17N3O4. The second kappa shape index (κ2) is 5.84. The lowest BCUT2D eigenvalue weighted by Gasteiger charge is -2.29. The van der Waals surface area contributed by atoms with Gasteiger partial charge in [-0.1, -0.05) is 0 Å². The summed E-state index contributed by atoms with van der Waals surface area (Å²) in [5, 5.41) is 2.95. The van der Waals surface area contributed by atoms with Crippen LogP contribution in [0.4, 0.5) is 5.69 Å². The molecule has 124 valence electrons. The van der Waals surface area contributed by atoms with E-state index >= 15 is 0 Å². The Morgan fingerprint density at radius 1 is 1.21 bits per heavy atom. The van der Waals surface area contributed by atoms with Crippen molar-refractivity contribution in [3.63, 3.8) is 0 Å². The van der Waals surface area contributed by atoms with Crippen LogP contribution in [0.3, 0.4) is 0 Å². The summed E-state index contributed by atoms with van der Waals surface area (Å²) in [6.45, 7) is 4.93. The van der Waals surface area contributed by atoms with Gasteiger partial charge >= 0.3 is 11.9 Å². The van der Waals surface area contributed by atoms with Gasteiger partial charge in [0.1, 0.15) is 0 Å². The Labute approximate surface area is 138 Å². The molecule has 3 rings (SSSR count). The first kappa shape index (κ1) is 15.8. The van der Waals surface area contributed by atoms with E-state index in [2.05, 4.69) is 10.3 Å². The highest BCUT2D eigenvalue weighted by molar-refractivity contribution is 6.15. The molecule has 1 saturated heterocycles. The zero-order valence-electron chi connectivity index (χ0n) is 13.6. The molecule has 2 heterocycles. The van der Waals surface area contributed by atoms with E-state index in [4.69, 9.17) is 9.47 Å². The Morgan fingerprint density at radius 3 is 2.50 bits per heavy atom. The van der Waals surface area contributed by atoms with E-state index in [9.17, 15) is 9.59 Å². The van der Waals surface area contributed by atoms with E-state index in [1.165, 1.54) is 20.0 Å². The van der Waals surface area contributed by atoms with Crippen LogP contribution in [-0.2, 0) is 19.1 Å². The third kappa shape index (κ3) is 3.15. The Hall–Kier alpha value is -3.09. The van der Waals surface area contributed by atoms with Crippen molar-refractivity contribution in [3.8, 4) is 5.69 Å². The highest BCUT2D eigenvalue weighted by atomic mass is 16.7. The molecule has 0 bridgehead atoms. The number of nitrogens with one attached hydrogen (secondary N) is 1. The molecule has 0 saturated carbocycles. The summed E-state index contributed by atoms with van der Waals surface area (Å²) in [6, 6.07) is 5.71. The highest BCUT2D eigenvalue weighted by Crippen LogP contribution is 2.24. The van der Waals surface area contributed by atoms with Gasteiger partial charge in [0, 0.05) is 43.8 Å². The number of carbonyl (C=O) groups excluding carboxylic acids is 2. The van der Waals surface area contributed by atoms with Crippen LogP contribution in [-0.4, -0.2) is 27.3 Å². The minimum absolute atomic E-state index is 0.174. The first-order valence-electron chi connectivity index (χ1n) is 7.38. The molecule has 0 atom stereocenters. The summed E-state index contributed by atoms with van der Waals surface area (Å²) in [4.78, 5) is 27.8.